The molecule has 1 aromatic heterocycles. The van der Waals surface area contributed by atoms with Crippen molar-refractivity contribution in [1.82, 2.24) is 5.16 Å². The minimum absolute atomic E-state index is 0.101. The number of aliphatic hydroxyl groups is 1. The summed E-state index contributed by atoms with van der Waals surface area (Å²) >= 11 is 0. The summed E-state index contributed by atoms with van der Waals surface area (Å²) in [5.41, 5.74) is 5.04. The van der Waals surface area contributed by atoms with Gasteiger partial charge in [-0.25, -0.2) is 0 Å². The van der Waals surface area contributed by atoms with Crippen LogP contribution in [0.5, 0.6) is 5.88 Å². The summed E-state index contributed by atoms with van der Waals surface area (Å²) in [5, 5.41) is 12.5. The molecule has 0 saturated carbocycles. The van der Waals surface area contributed by atoms with E-state index in [2.05, 4.69) is 5.16 Å². The van der Waals surface area contributed by atoms with Crippen LogP contribution in [-0.4, -0.2) is 29.5 Å². The quantitative estimate of drug-likeness (QED) is 0.688. The molecule has 0 aromatic carbocycles. The zero-order chi connectivity index (χ0) is 9.90. The van der Waals surface area contributed by atoms with Gasteiger partial charge in [-0.3, -0.25) is 0 Å². The van der Waals surface area contributed by atoms with Gasteiger partial charge in [0.2, 0.25) is 0 Å². The van der Waals surface area contributed by atoms with Gasteiger partial charge in [-0.05, 0) is 12.1 Å². The lowest BCUT2D eigenvalue weighted by molar-refractivity contribution is 0.198. The van der Waals surface area contributed by atoms with Gasteiger partial charge in [0.05, 0.1) is 13.7 Å². The number of nitrogens with two attached hydrogens (primary N) is 1. The van der Waals surface area contributed by atoms with Crippen LogP contribution in [0.15, 0.2) is 10.6 Å². The molecule has 1 aromatic rings. The second kappa shape index (κ2) is 3.76. The summed E-state index contributed by atoms with van der Waals surface area (Å²) in [6.45, 7) is 1.64. The Morgan fingerprint density at radius 3 is 2.92 bits per heavy atom. The first kappa shape index (κ1) is 10.0. The van der Waals surface area contributed by atoms with E-state index in [9.17, 15) is 0 Å². The van der Waals surface area contributed by atoms with Crippen molar-refractivity contribution in [2.24, 2.45) is 5.73 Å². The molecule has 5 nitrogen and oxygen atoms in total. The molecule has 0 aliphatic heterocycles. The third kappa shape index (κ3) is 2.71. The molecule has 74 valence electrons. The van der Waals surface area contributed by atoms with Crippen LogP contribution >= 0.6 is 0 Å². The summed E-state index contributed by atoms with van der Waals surface area (Å²) in [7, 11) is 1.51. The van der Waals surface area contributed by atoms with Crippen molar-refractivity contribution in [3.8, 4) is 5.88 Å². The van der Waals surface area contributed by atoms with Crippen LogP contribution in [0.25, 0.3) is 0 Å². The monoisotopic (exact) mass is 186 g/mol. The molecule has 5 heteroatoms. The Hall–Kier alpha value is -1.07. The van der Waals surface area contributed by atoms with E-state index >= 15 is 0 Å². The van der Waals surface area contributed by atoms with Gasteiger partial charge in [-0.15, -0.1) is 0 Å². The normalized spacial score (nSPS) is 15.4. The fourth-order valence-electron chi connectivity index (χ4n) is 0.927. The zero-order valence-corrected chi connectivity index (χ0v) is 7.78. The second-order valence-electron chi connectivity index (χ2n) is 3.32. The first-order chi connectivity index (χ1) is 6.07. The molecule has 0 saturated heterocycles. The SMILES string of the molecule is COc1cc(CC(C)(N)CO)on1. The Balaban J connectivity index is 2.63. The molecule has 13 heavy (non-hydrogen) atoms. The molecular weight excluding hydrogens is 172 g/mol. The minimum Gasteiger partial charge on any atom is -0.479 e. The van der Waals surface area contributed by atoms with Gasteiger partial charge in [-0.1, -0.05) is 0 Å². The lowest BCUT2D eigenvalue weighted by Crippen LogP contribution is -2.42. The van der Waals surface area contributed by atoms with Gasteiger partial charge in [-0.2, -0.15) is 0 Å². The highest BCUT2D eigenvalue weighted by Gasteiger charge is 2.20. The van der Waals surface area contributed by atoms with E-state index in [0.717, 1.165) is 0 Å². The van der Waals surface area contributed by atoms with E-state index in [1.165, 1.54) is 7.11 Å². The number of aromatic nitrogens is 1. The third-order valence-corrected chi connectivity index (χ3v) is 1.69. The average molecular weight is 186 g/mol. The summed E-state index contributed by atoms with van der Waals surface area (Å²) in [4.78, 5) is 0. The molecular formula is C8H14N2O3. The lowest BCUT2D eigenvalue weighted by Gasteiger charge is -2.18. The number of hydrogen-bond donors (Lipinski definition) is 2. The zero-order valence-electron chi connectivity index (χ0n) is 7.78. The highest BCUT2D eigenvalue weighted by Crippen LogP contribution is 2.15. The first-order valence-electron chi connectivity index (χ1n) is 3.97. The Morgan fingerprint density at radius 1 is 1.77 bits per heavy atom. The van der Waals surface area contributed by atoms with Crippen LogP contribution in [0.2, 0.25) is 0 Å². The number of nitrogens with zero attached hydrogens (tertiary/aromatic N) is 1. The topological polar surface area (TPSA) is 81.5 Å². The van der Waals surface area contributed by atoms with Crippen molar-refractivity contribution in [3.63, 3.8) is 0 Å². The lowest BCUT2D eigenvalue weighted by atomic mass is 9.99. The van der Waals surface area contributed by atoms with Gasteiger partial charge >= 0.3 is 0 Å². The third-order valence-electron chi connectivity index (χ3n) is 1.69. The van der Waals surface area contributed by atoms with E-state index in [1.807, 2.05) is 0 Å². The van der Waals surface area contributed by atoms with Crippen LogP contribution in [0.3, 0.4) is 0 Å². The average Bonchev–Trinajstić information content (AvgIpc) is 2.52. The Labute approximate surface area is 76.5 Å². The minimum atomic E-state index is -0.676. The highest BCUT2D eigenvalue weighted by atomic mass is 16.5. The molecule has 0 amide bonds. The Kier molecular flexibility index (Phi) is 2.90. The maximum absolute atomic E-state index is 8.90. The van der Waals surface area contributed by atoms with Crippen molar-refractivity contribution in [1.29, 1.82) is 0 Å². The fraction of sp³-hybridized carbons (Fsp3) is 0.625. The van der Waals surface area contributed by atoms with Gasteiger partial charge < -0.3 is 20.1 Å². The van der Waals surface area contributed by atoms with Crippen LogP contribution in [-0.2, 0) is 6.42 Å². The summed E-state index contributed by atoms with van der Waals surface area (Å²) in [6, 6.07) is 1.65. The number of ether oxygens (including phenoxy) is 1. The predicted molar refractivity (Wildman–Crippen MR) is 46.4 cm³/mol. The van der Waals surface area contributed by atoms with Crippen molar-refractivity contribution >= 4 is 0 Å². The molecule has 3 N–H and O–H groups in total. The number of hydrogen-bond acceptors (Lipinski definition) is 5. The van der Waals surface area contributed by atoms with E-state index < -0.39 is 5.54 Å². The van der Waals surface area contributed by atoms with Gasteiger partial charge in [0.25, 0.3) is 5.88 Å². The molecule has 0 bridgehead atoms. The largest absolute Gasteiger partial charge is 0.479 e. The molecule has 0 spiro atoms. The number of aliphatic hydroxyl groups excluding tert-OH is 1. The van der Waals surface area contributed by atoms with Crippen molar-refractivity contribution in [3.05, 3.63) is 11.8 Å². The standard InChI is InChI=1S/C8H14N2O3/c1-8(9,5-11)4-6-3-7(12-2)10-13-6/h3,11H,4-5,9H2,1-2H3. The Bertz CT molecular complexity index is 270. The smallest absolute Gasteiger partial charge is 0.254 e. The van der Waals surface area contributed by atoms with E-state index in [-0.39, 0.29) is 6.61 Å². The van der Waals surface area contributed by atoms with Crippen LogP contribution in [0.1, 0.15) is 12.7 Å². The molecule has 1 heterocycles. The van der Waals surface area contributed by atoms with Crippen LogP contribution in [0.4, 0.5) is 0 Å². The maximum Gasteiger partial charge on any atom is 0.254 e. The number of rotatable bonds is 4. The Morgan fingerprint density at radius 2 is 2.46 bits per heavy atom. The van der Waals surface area contributed by atoms with Crippen LogP contribution < -0.4 is 10.5 Å². The van der Waals surface area contributed by atoms with E-state index in [4.69, 9.17) is 20.1 Å². The second-order valence-corrected chi connectivity index (χ2v) is 3.32. The van der Waals surface area contributed by atoms with E-state index in [0.29, 0.717) is 18.1 Å². The maximum atomic E-state index is 8.90. The number of methoxy groups -OCH3 is 1. The predicted octanol–water partition coefficient (Wildman–Crippen LogP) is -0.0646. The van der Waals surface area contributed by atoms with Crippen LogP contribution in [0, 0.1) is 0 Å². The van der Waals surface area contributed by atoms with Crippen molar-refractivity contribution in [2.45, 2.75) is 18.9 Å². The molecule has 1 unspecified atom stereocenters. The fourth-order valence-corrected chi connectivity index (χ4v) is 0.927. The summed E-state index contributed by atoms with van der Waals surface area (Å²) in [6.07, 6.45) is 0.430. The summed E-state index contributed by atoms with van der Waals surface area (Å²) in [5.74, 6) is 1.03. The molecule has 0 aliphatic carbocycles. The molecule has 0 fully saturated rings. The molecule has 0 radical (unpaired) electrons. The van der Waals surface area contributed by atoms with Gasteiger partial charge in [0.15, 0.2) is 0 Å². The highest BCUT2D eigenvalue weighted by molar-refractivity contribution is 5.12. The first-order valence-corrected chi connectivity index (χ1v) is 3.97. The van der Waals surface area contributed by atoms with Gasteiger partial charge in [0, 0.05) is 18.0 Å². The van der Waals surface area contributed by atoms with Crippen molar-refractivity contribution < 1.29 is 14.4 Å². The molecule has 1 rings (SSSR count). The summed E-state index contributed by atoms with van der Waals surface area (Å²) < 4.78 is 9.76. The molecule has 0 aliphatic rings. The van der Waals surface area contributed by atoms with E-state index in [1.54, 1.807) is 13.0 Å². The molecule has 1 atom stereocenters. The van der Waals surface area contributed by atoms with Gasteiger partial charge in [0.1, 0.15) is 5.76 Å². The van der Waals surface area contributed by atoms with Crippen molar-refractivity contribution in [2.75, 3.05) is 13.7 Å².